The van der Waals surface area contributed by atoms with Crippen LogP contribution >= 0.6 is 11.6 Å². The van der Waals surface area contributed by atoms with Crippen molar-refractivity contribution in [3.63, 3.8) is 0 Å². The average Bonchev–Trinajstić information content (AvgIpc) is 2.49. The van der Waals surface area contributed by atoms with Crippen LogP contribution < -0.4 is 11.3 Å². The van der Waals surface area contributed by atoms with Gasteiger partial charge >= 0.3 is 0 Å². The number of hydrogen-bond acceptors (Lipinski definition) is 3. The molecule has 0 atom stereocenters. The van der Waals surface area contributed by atoms with Crippen molar-refractivity contribution >= 4 is 17.3 Å². The lowest BCUT2D eigenvalue weighted by Gasteiger charge is -2.06. The van der Waals surface area contributed by atoms with Gasteiger partial charge in [-0.05, 0) is 42.0 Å². The maximum Gasteiger partial charge on any atom is 0.272 e. The molecule has 1 aromatic heterocycles. The topological polar surface area (TPSA) is 60.9 Å². The molecule has 0 amide bonds. The van der Waals surface area contributed by atoms with Crippen LogP contribution in [0.5, 0.6) is 0 Å². The van der Waals surface area contributed by atoms with Crippen LogP contribution in [0.2, 0.25) is 5.02 Å². The van der Waals surface area contributed by atoms with Gasteiger partial charge < -0.3 is 5.73 Å². The molecule has 4 nitrogen and oxygen atoms in total. The molecule has 1 heterocycles. The molecule has 3 aromatic rings. The molecule has 0 fully saturated rings. The van der Waals surface area contributed by atoms with E-state index < -0.39 is 0 Å². The highest BCUT2D eigenvalue weighted by Gasteiger charge is 2.04. The van der Waals surface area contributed by atoms with Crippen LogP contribution in [0.1, 0.15) is 0 Å². The summed E-state index contributed by atoms with van der Waals surface area (Å²) in [5.74, 6) is 0. The molecule has 2 N–H and O–H groups in total. The van der Waals surface area contributed by atoms with E-state index in [1.165, 1.54) is 4.68 Å². The zero-order chi connectivity index (χ0) is 14.8. The molecule has 5 heteroatoms. The van der Waals surface area contributed by atoms with Gasteiger partial charge in [0.1, 0.15) is 0 Å². The van der Waals surface area contributed by atoms with Crippen LogP contribution in [0.4, 0.5) is 5.69 Å². The number of halogens is 1. The van der Waals surface area contributed by atoms with Gasteiger partial charge in [-0.25, -0.2) is 0 Å². The van der Waals surface area contributed by atoms with Crippen LogP contribution in [0.15, 0.2) is 65.6 Å². The normalized spacial score (nSPS) is 10.5. The first-order valence-electron chi connectivity index (χ1n) is 6.35. The van der Waals surface area contributed by atoms with E-state index in [2.05, 4.69) is 5.10 Å². The van der Waals surface area contributed by atoms with Crippen molar-refractivity contribution in [3.8, 4) is 16.8 Å². The summed E-state index contributed by atoms with van der Waals surface area (Å²) >= 11 is 5.84. The van der Waals surface area contributed by atoms with Crippen molar-refractivity contribution in [1.29, 1.82) is 0 Å². The Morgan fingerprint density at radius 1 is 0.952 bits per heavy atom. The lowest BCUT2D eigenvalue weighted by atomic mass is 10.1. The molecule has 0 aliphatic carbocycles. The Kier molecular flexibility index (Phi) is 3.46. The largest absolute Gasteiger partial charge is 0.399 e. The molecular weight excluding hydrogens is 286 g/mol. The van der Waals surface area contributed by atoms with E-state index in [0.717, 1.165) is 11.1 Å². The Bertz CT molecular complexity index is 823. The lowest BCUT2D eigenvalue weighted by molar-refractivity contribution is 0.808. The van der Waals surface area contributed by atoms with Gasteiger partial charge in [-0.15, -0.1) is 0 Å². The molecule has 0 bridgehead atoms. The van der Waals surface area contributed by atoms with E-state index >= 15 is 0 Å². The minimum Gasteiger partial charge on any atom is -0.399 e. The molecule has 0 saturated heterocycles. The summed E-state index contributed by atoms with van der Waals surface area (Å²) in [6.07, 6.45) is 1.65. The fourth-order valence-corrected chi connectivity index (χ4v) is 2.14. The van der Waals surface area contributed by atoms with Gasteiger partial charge in [0.05, 0.1) is 11.9 Å². The van der Waals surface area contributed by atoms with Gasteiger partial charge in [0.15, 0.2) is 0 Å². The molecule has 3 rings (SSSR count). The van der Waals surface area contributed by atoms with E-state index in [-0.39, 0.29) is 5.56 Å². The van der Waals surface area contributed by atoms with Gasteiger partial charge in [-0.1, -0.05) is 23.7 Å². The van der Waals surface area contributed by atoms with E-state index in [4.69, 9.17) is 17.3 Å². The number of nitrogens with two attached hydrogens (primary N) is 1. The van der Waals surface area contributed by atoms with E-state index in [9.17, 15) is 4.79 Å². The molecule has 104 valence electrons. The summed E-state index contributed by atoms with van der Waals surface area (Å²) in [5, 5.41) is 4.82. The SMILES string of the molecule is Nc1ccc(-c2cnn(-c3ccc(Cl)cc3)c(=O)c2)cc1. The molecule has 0 aliphatic heterocycles. The van der Waals surface area contributed by atoms with Crippen LogP contribution in [0, 0.1) is 0 Å². The number of anilines is 1. The van der Waals surface area contributed by atoms with Crippen LogP contribution in [0.3, 0.4) is 0 Å². The predicted octanol–water partition coefficient (Wildman–Crippen LogP) is 3.14. The third-order valence-corrected chi connectivity index (χ3v) is 3.37. The maximum atomic E-state index is 12.2. The first-order valence-corrected chi connectivity index (χ1v) is 6.72. The summed E-state index contributed by atoms with van der Waals surface area (Å²) in [4.78, 5) is 12.2. The van der Waals surface area contributed by atoms with E-state index in [1.807, 2.05) is 12.1 Å². The third kappa shape index (κ3) is 2.80. The highest BCUT2D eigenvalue weighted by Crippen LogP contribution is 2.18. The Morgan fingerprint density at radius 2 is 1.62 bits per heavy atom. The first kappa shape index (κ1) is 13.4. The summed E-state index contributed by atoms with van der Waals surface area (Å²) in [6, 6.07) is 15.8. The summed E-state index contributed by atoms with van der Waals surface area (Å²) < 4.78 is 1.33. The van der Waals surface area contributed by atoms with Gasteiger partial charge in [0, 0.05) is 22.3 Å². The average molecular weight is 298 g/mol. The molecule has 2 aromatic carbocycles. The second kappa shape index (κ2) is 5.42. The fraction of sp³-hybridized carbons (Fsp3) is 0. The highest BCUT2D eigenvalue weighted by molar-refractivity contribution is 6.30. The predicted molar refractivity (Wildman–Crippen MR) is 84.7 cm³/mol. The molecule has 0 unspecified atom stereocenters. The van der Waals surface area contributed by atoms with E-state index in [1.54, 1.807) is 48.7 Å². The number of hydrogen-bond donors (Lipinski definition) is 1. The quantitative estimate of drug-likeness (QED) is 0.739. The zero-order valence-corrected chi connectivity index (χ0v) is 11.8. The second-order valence-electron chi connectivity index (χ2n) is 4.59. The van der Waals surface area contributed by atoms with Gasteiger partial charge in [-0.3, -0.25) is 4.79 Å². The Labute approximate surface area is 126 Å². The number of rotatable bonds is 2. The van der Waals surface area contributed by atoms with Crippen molar-refractivity contribution in [3.05, 3.63) is 76.2 Å². The molecule has 0 saturated carbocycles. The monoisotopic (exact) mass is 297 g/mol. The fourth-order valence-electron chi connectivity index (χ4n) is 2.02. The van der Waals surface area contributed by atoms with Crippen molar-refractivity contribution in [1.82, 2.24) is 9.78 Å². The van der Waals surface area contributed by atoms with Gasteiger partial charge in [0.2, 0.25) is 0 Å². The van der Waals surface area contributed by atoms with Crippen molar-refractivity contribution < 1.29 is 0 Å². The van der Waals surface area contributed by atoms with Crippen LogP contribution in [-0.4, -0.2) is 9.78 Å². The van der Waals surface area contributed by atoms with Crippen LogP contribution in [-0.2, 0) is 0 Å². The maximum absolute atomic E-state index is 12.2. The summed E-state index contributed by atoms with van der Waals surface area (Å²) in [6.45, 7) is 0. The number of aromatic nitrogens is 2. The first-order chi connectivity index (χ1) is 10.1. The number of nitrogen functional groups attached to an aromatic ring is 1. The molecule has 0 spiro atoms. The summed E-state index contributed by atoms with van der Waals surface area (Å²) in [7, 11) is 0. The Balaban J connectivity index is 2.02. The van der Waals surface area contributed by atoms with Gasteiger partial charge in [0.25, 0.3) is 5.56 Å². The van der Waals surface area contributed by atoms with E-state index in [0.29, 0.717) is 16.4 Å². The molecule has 0 aliphatic rings. The number of nitrogens with zero attached hydrogens (tertiary/aromatic N) is 2. The molecular formula is C16H12ClN3O. The van der Waals surface area contributed by atoms with Crippen molar-refractivity contribution in [2.75, 3.05) is 5.73 Å². The Hall–Kier alpha value is -2.59. The number of benzene rings is 2. The standard InChI is InChI=1S/C16H12ClN3O/c17-13-3-7-15(8-4-13)20-16(21)9-12(10-19-20)11-1-5-14(18)6-2-11/h1-10H,18H2. The Morgan fingerprint density at radius 3 is 2.24 bits per heavy atom. The van der Waals surface area contributed by atoms with Crippen molar-refractivity contribution in [2.45, 2.75) is 0 Å². The second-order valence-corrected chi connectivity index (χ2v) is 5.03. The molecule has 0 radical (unpaired) electrons. The van der Waals surface area contributed by atoms with Crippen molar-refractivity contribution in [2.24, 2.45) is 0 Å². The summed E-state index contributed by atoms with van der Waals surface area (Å²) in [5.41, 5.74) is 8.46. The molecule has 21 heavy (non-hydrogen) atoms. The minimum atomic E-state index is -0.202. The van der Waals surface area contributed by atoms with Gasteiger partial charge in [-0.2, -0.15) is 9.78 Å². The minimum absolute atomic E-state index is 0.202. The highest BCUT2D eigenvalue weighted by atomic mass is 35.5. The zero-order valence-electron chi connectivity index (χ0n) is 11.0. The lowest BCUT2D eigenvalue weighted by Crippen LogP contribution is -2.19. The third-order valence-electron chi connectivity index (χ3n) is 3.12. The smallest absolute Gasteiger partial charge is 0.272 e. The van der Waals surface area contributed by atoms with Crippen LogP contribution in [0.25, 0.3) is 16.8 Å².